The quantitative estimate of drug-likeness (QED) is 0.677. The molecule has 0 spiro atoms. The van der Waals surface area contributed by atoms with E-state index in [0.717, 1.165) is 4.88 Å². The molecule has 0 aliphatic carbocycles. The van der Waals surface area contributed by atoms with Crippen LogP contribution in [0.2, 0.25) is 4.34 Å². The first-order valence-corrected chi connectivity index (χ1v) is 6.31. The van der Waals surface area contributed by atoms with E-state index < -0.39 is 5.38 Å². The summed E-state index contributed by atoms with van der Waals surface area (Å²) in [5, 5.41) is 1.27. The van der Waals surface area contributed by atoms with Crippen LogP contribution in [-0.4, -0.2) is 0 Å². The van der Waals surface area contributed by atoms with Gasteiger partial charge in [-0.15, -0.1) is 34.3 Å². The Balaban J connectivity index is 2.33. The zero-order chi connectivity index (χ0) is 10.1. The molecular formula is C9H5Cl2FS2. The van der Waals surface area contributed by atoms with Gasteiger partial charge in [0.15, 0.2) is 0 Å². The van der Waals surface area contributed by atoms with E-state index in [2.05, 4.69) is 0 Å². The molecule has 0 aromatic carbocycles. The molecule has 2 aromatic heterocycles. The zero-order valence-electron chi connectivity index (χ0n) is 6.84. The largest absolute Gasteiger partial charge is 0.206 e. The summed E-state index contributed by atoms with van der Waals surface area (Å²) >= 11 is 14.6. The summed E-state index contributed by atoms with van der Waals surface area (Å²) in [5.41, 5.74) is 0. The first kappa shape index (κ1) is 10.4. The lowest BCUT2D eigenvalue weighted by Gasteiger charge is -2.03. The molecule has 0 nitrogen and oxygen atoms in total. The van der Waals surface area contributed by atoms with Crippen LogP contribution in [0.1, 0.15) is 15.1 Å². The van der Waals surface area contributed by atoms with Crippen LogP contribution in [-0.2, 0) is 0 Å². The third-order valence-electron chi connectivity index (χ3n) is 1.72. The minimum Gasteiger partial charge on any atom is -0.206 e. The molecule has 5 heteroatoms. The van der Waals surface area contributed by atoms with Crippen molar-refractivity contribution in [3.63, 3.8) is 0 Å². The maximum atomic E-state index is 13.2. The minimum atomic E-state index is -0.424. The number of thiophene rings is 2. The van der Waals surface area contributed by atoms with Gasteiger partial charge in [-0.05, 0) is 23.6 Å². The van der Waals surface area contributed by atoms with Crippen LogP contribution in [0.3, 0.4) is 0 Å². The maximum Gasteiger partial charge on any atom is 0.138 e. The van der Waals surface area contributed by atoms with Gasteiger partial charge in [0.25, 0.3) is 0 Å². The molecule has 1 atom stereocenters. The van der Waals surface area contributed by atoms with Crippen LogP contribution in [0.4, 0.5) is 4.39 Å². The summed E-state index contributed by atoms with van der Waals surface area (Å²) in [6.07, 6.45) is 0. The Labute approximate surface area is 98.9 Å². The van der Waals surface area contributed by atoms with Gasteiger partial charge in [-0.3, -0.25) is 0 Å². The summed E-state index contributed by atoms with van der Waals surface area (Å²) in [5.74, 6) is -0.250. The van der Waals surface area contributed by atoms with Crippen LogP contribution in [0.15, 0.2) is 23.6 Å². The Kier molecular flexibility index (Phi) is 3.12. The first-order chi connectivity index (χ1) is 6.68. The van der Waals surface area contributed by atoms with Gasteiger partial charge in [-0.1, -0.05) is 11.6 Å². The summed E-state index contributed by atoms with van der Waals surface area (Å²) < 4.78 is 13.9. The molecule has 14 heavy (non-hydrogen) atoms. The van der Waals surface area contributed by atoms with Gasteiger partial charge >= 0.3 is 0 Å². The SMILES string of the molecule is Fc1ccsc1C(Cl)c1ccc(Cl)s1. The normalized spacial score (nSPS) is 13.1. The standard InChI is InChI=1S/C9H5Cl2FS2/c10-7-2-1-6(14-7)8(11)9-5(12)3-4-13-9/h1-4,8H. The van der Waals surface area contributed by atoms with E-state index in [0.29, 0.717) is 9.21 Å². The van der Waals surface area contributed by atoms with Crippen LogP contribution in [0.25, 0.3) is 0 Å². The van der Waals surface area contributed by atoms with Gasteiger partial charge in [0, 0.05) is 4.88 Å². The number of hydrogen-bond acceptors (Lipinski definition) is 2. The van der Waals surface area contributed by atoms with Crippen LogP contribution in [0, 0.1) is 5.82 Å². The average Bonchev–Trinajstić information content (AvgIpc) is 2.73. The van der Waals surface area contributed by atoms with Gasteiger partial charge in [0.05, 0.1) is 9.21 Å². The summed E-state index contributed by atoms with van der Waals surface area (Å²) in [6.45, 7) is 0. The molecule has 0 amide bonds. The van der Waals surface area contributed by atoms with E-state index in [9.17, 15) is 4.39 Å². The fourth-order valence-corrected chi connectivity index (χ4v) is 3.43. The van der Waals surface area contributed by atoms with Crippen molar-refractivity contribution >= 4 is 45.9 Å². The predicted octanol–water partition coefficient (Wildman–Crippen LogP) is 4.93. The summed E-state index contributed by atoms with van der Waals surface area (Å²) in [4.78, 5) is 1.42. The van der Waals surface area contributed by atoms with E-state index in [1.807, 2.05) is 6.07 Å². The van der Waals surface area contributed by atoms with E-state index >= 15 is 0 Å². The van der Waals surface area contributed by atoms with E-state index in [1.54, 1.807) is 11.4 Å². The number of rotatable bonds is 2. The van der Waals surface area contributed by atoms with Crippen molar-refractivity contribution in [2.45, 2.75) is 5.38 Å². The van der Waals surface area contributed by atoms with E-state index in [1.165, 1.54) is 28.7 Å². The van der Waals surface area contributed by atoms with Crippen LogP contribution < -0.4 is 0 Å². The lowest BCUT2D eigenvalue weighted by atomic mass is 10.3. The molecule has 74 valence electrons. The fourth-order valence-electron chi connectivity index (χ4n) is 1.08. The first-order valence-electron chi connectivity index (χ1n) is 3.80. The molecule has 0 aliphatic rings. The van der Waals surface area contributed by atoms with Gasteiger partial charge in [0.2, 0.25) is 0 Å². The van der Waals surface area contributed by atoms with Crippen molar-refractivity contribution < 1.29 is 4.39 Å². The molecule has 0 aliphatic heterocycles. The monoisotopic (exact) mass is 266 g/mol. The zero-order valence-corrected chi connectivity index (χ0v) is 9.98. The van der Waals surface area contributed by atoms with Crippen molar-refractivity contribution in [3.05, 3.63) is 43.5 Å². The van der Waals surface area contributed by atoms with Crippen molar-refractivity contribution in [2.75, 3.05) is 0 Å². The predicted molar refractivity (Wildman–Crippen MR) is 61.3 cm³/mol. The molecular weight excluding hydrogens is 262 g/mol. The second-order valence-corrected chi connectivity index (χ2v) is 5.77. The molecule has 2 heterocycles. The minimum absolute atomic E-state index is 0.250. The van der Waals surface area contributed by atoms with Crippen LogP contribution in [0.5, 0.6) is 0 Å². The average molecular weight is 267 g/mol. The van der Waals surface area contributed by atoms with Crippen molar-refractivity contribution in [3.8, 4) is 0 Å². The van der Waals surface area contributed by atoms with Gasteiger partial charge < -0.3 is 0 Å². The Bertz CT molecular complexity index is 435. The van der Waals surface area contributed by atoms with Crippen molar-refractivity contribution in [1.29, 1.82) is 0 Å². The molecule has 2 rings (SSSR count). The highest BCUT2D eigenvalue weighted by Crippen LogP contribution is 2.38. The summed E-state index contributed by atoms with van der Waals surface area (Å²) in [7, 11) is 0. The fraction of sp³-hybridized carbons (Fsp3) is 0.111. The maximum absolute atomic E-state index is 13.2. The van der Waals surface area contributed by atoms with Crippen molar-refractivity contribution in [1.82, 2.24) is 0 Å². The second-order valence-electron chi connectivity index (χ2n) is 2.64. The highest BCUT2D eigenvalue weighted by Gasteiger charge is 2.18. The number of alkyl halides is 1. The third-order valence-corrected chi connectivity index (χ3v) is 4.68. The molecule has 0 radical (unpaired) electrons. The molecule has 0 saturated carbocycles. The van der Waals surface area contributed by atoms with Gasteiger partial charge in [0.1, 0.15) is 11.2 Å². The molecule has 2 aromatic rings. The molecule has 0 fully saturated rings. The highest BCUT2D eigenvalue weighted by molar-refractivity contribution is 7.17. The molecule has 0 N–H and O–H groups in total. The Morgan fingerprint density at radius 3 is 2.57 bits per heavy atom. The molecule has 0 bridgehead atoms. The van der Waals surface area contributed by atoms with Crippen molar-refractivity contribution in [2.24, 2.45) is 0 Å². The Morgan fingerprint density at radius 1 is 1.29 bits per heavy atom. The lowest BCUT2D eigenvalue weighted by Crippen LogP contribution is -1.88. The second kappa shape index (κ2) is 4.19. The van der Waals surface area contributed by atoms with E-state index in [4.69, 9.17) is 23.2 Å². The molecule has 1 unspecified atom stereocenters. The molecule has 0 saturated heterocycles. The van der Waals surface area contributed by atoms with Crippen LogP contribution >= 0.6 is 45.9 Å². The number of halogens is 3. The summed E-state index contributed by atoms with van der Waals surface area (Å²) in [6, 6.07) is 5.01. The Morgan fingerprint density at radius 2 is 2.07 bits per heavy atom. The van der Waals surface area contributed by atoms with Gasteiger partial charge in [-0.2, -0.15) is 0 Å². The Hall–Kier alpha value is -0.0900. The topological polar surface area (TPSA) is 0 Å². The smallest absolute Gasteiger partial charge is 0.138 e. The highest BCUT2D eigenvalue weighted by atomic mass is 35.5. The third kappa shape index (κ3) is 1.96. The van der Waals surface area contributed by atoms with E-state index in [-0.39, 0.29) is 5.82 Å². The van der Waals surface area contributed by atoms with Gasteiger partial charge in [-0.25, -0.2) is 4.39 Å². The lowest BCUT2D eigenvalue weighted by molar-refractivity contribution is 0.621. The number of hydrogen-bond donors (Lipinski definition) is 0.